The molecule has 1 aliphatic heterocycles. The fourth-order valence-electron chi connectivity index (χ4n) is 3.55. The number of amides is 1. The lowest BCUT2D eigenvalue weighted by Gasteiger charge is -2.19. The van der Waals surface area contributed by atoms with E-state index in [2.05, 4.69) is 10.3 Å². The van der Waals surface area contributed by atoms with Crippen LogP contribution in [0.25, 0.3) is 11.3 Å². The van der Waals surface area contributed by atoms with Crippen molar-refractivity contribution in [1.29, 1.82) is 0 Å². The predicted octanol–water partition coefficient (Wildman–Crippen LogP) is 4.17. The monoisotopic (exact) mass is 487 g/mol. The number of benzene rings is 2. The maximum Gasteiger partial charge on any atom is 0.257 e. The van der Waals surface area contributed by atoms with Gasteiger partial charge in [-0.25, -0.2) is 13.4 Å². The van der Waals surface area contributed by atoms with Crippen LogP contribution in [0.5, 0.6) is 11.5 Å². The van der Waals surface area contributed by atoms with Gasteiger partial charge < -0.3 is 9.47 Å². The van der Waals surface area contributed by atoms with Gasteiger partial charge in [-0.1, -0.05) is 19.9 Å². The van der Waals surface area contributed by atoms with Crippen LogP contribution in [-0.2, 0) is 10.0 Å². The fraction of sp³-hybridized carbons (Fsp3) is 0.304. The first kappa shape index (κ1) is 23.2. The van der Waals surface area contributed by atoms with Crippen molar-refractivity contribution in [3.63, 3.8) is 0 Å². The molecule has 0 spiro atoms. The van der Waals surface area contributed by atoms with Gasteiger partial charge in [-0.05, 0) is 42.8 Å². The van der Waals surface area contributed by atoms with Crippen LogP contribution in [0.15, 0.2) is 46.7 Å². The second kappa shape index (κ2) is 9.50. The zero-order valence-corrected chi connectivity index (χ0v) is 20.3. The third-order valence-electron chi connectivity index (χ3n) is 5.36. The van der Waals surface area contributed by atoms with Gasteiger partial charge in [0.05, 0.1) is 10.6 Å². The molecular formula is C23H25N3O5S2. The van der Waals surface area contributed by atoms with Crippen molar-refractivity contribution in [2.24, 2.45) is 0 Å². The second-order valence-corrected chi connectivity index (χ2v) is 10.2. The maximum absolute atomic E-state index is 13.0. The molecule has 0 atom stereocenters. The molecule has 0 bridgehead atoms. The van der Waals surface area contributed by atoms with Crippen molar-refractivity contribution in [1.82, 2.24) is 9.29 Å². The first-order chi connectivity index (χ1) is 15.8. The van der Waals surface area contributed by atoms with Crippen molar-refractivity contribution < 1.29 is 22.7 Å². The molecule has 4 rings (SSSR count). The number of sulfonamides is 1. The summed E-state index contributed by atoms with van der Waals surface area (Å²) in [5.41, 5.74) is 2.51. The van der Waals surface area contributed by atoms with E-state index >= 15 is 0 Å². The minimum atomic E-state index is -3.67. The molecule has 8 nitrogen and oxygen atoms in total. The van der Waals surface area contributed by atoms with Crippen LogP contribution < -0.4 is 14.8 Å². The van der Waals surface area contributed by atoms with Gasteiger partial charge in [0, 0.05) is 29.6 Å². The van der Waals surface area contributed by atoms with Gasteiger partial charge >= 0.3 is 0 Å². The van der Waals surface area contributed by atoms with Gasteiger partial charge in [0.2, 0.25) is 10.0 Å². The second-order valence-electron chi connectivity index (χ2n) is 7.42. The molecule has 1 aliphatic rings. The largest absolute Gasteiger partial charge is 0.486 e. The molecule has 0 saturated carbocycles. The number of nitrogens with one attached hydrogen (secondary N) is 1. The number of hydrogen-bond donors (Lipinski definition) is 1. The first-order valence-electron chi connectivity index (χ1n) is 10.6. The minimum absolute atomic E-state index is 0.0954. The van der Waals surface area contributed by atoms with E-state index in [1.54, 1.807) is 26.8 Å². The highest BCUT2D eigenvalue weighted by Gasteiger charge is 2.24. The molecule has 2 aromatic carbocycles. The summed E-state index contributed by atoms with van der Waals surface area (Å²) in [6.07, 6.45) is 0. The number of aryl methyl sites for hydroxylation is 1. The Balaban J connectivity index is 1.55. The molecule has 3 aromatic rings. The predicted molar refractivity (Wildman–Crippen MR) is 128 cm³/mol. The molecule has 10 heteroatoms. The molecule has 1 amide bonds. The number of aromatic nitrogens is 1. The smallest absolute Gasteiger partial charge is 0.257 e. The Morgan fingerprint density at radius 3 is 2.55 bits per heavy atom. The van der Waals surface area contributed by atoms with E-state index in [-0.39, 0.29) is 4.90 Å². The number of carbonyl (C=O) groups excluding carboxylic acids is 1. The van der Waals surface area contributed by atoms with Gasteiger partial charge in [-0.2, -0.15) is 4.31 Å². The van der Waals surface area contributed by atoms with E-state index in [0.717, 1.165) is 5.56 Å². The Kier molecular flexibility index (Phi) is 6.68. The standard InChI is InChI=1S/C23H25N3O5S2/c1-4-26(5-2)33(28,29)17-8-6-15(3)18(13-17)22(27)25-23-24-19(14-32-23)16-7-9-20-21(12-16)31-11-10-30-20/h6-9,12-14H,4-5,10-11H2,1-3H3,(H,24,25,27). The number of hydrogen-bond acceptors (Lipinski definition) is 7. The van der Waals surface area contributed by atoms with Gasteiger partial charge in [-0.15, -0.1) is 11.3 Å². The van der Waals surface area contributed by atoms with Crippen LogP contribution in [0.1, 0.15) is 29.8 Å². The third-order valence-corrected chi connectivity index (χ3v) is 8.16. The van der Waals surface area contributed by atoms with Crippen molar-refractivity contribution in [3.8, 4) is 22.8 Å². The minimum Gasteiger partial charge on any atom is -0.486 e. The number of ether oxygens (including phenoxy) is 2. The van der Waals surface area contributed by atoms with Crippen LogP contribution in [0.2, 0.25) is 0 Å². The van der Waals surface area contributed by atoms with E-state index in [1.165, 1.54) is 27.8 Å². The van der Waals surface area contributed by atoms with Gasteiger partial charge in [-0.3, -0.25) is 10.1 Å². The Bertz CT molecular complexity index is 1280. The molecule has 174 valence electrons. The summed E-state index contributed by atoms with van der Waals surface area (Å²) in [6.45, 7) is 7.07. The first-order valence-corrected chi connectivity index (χ1v) is 12.9. The number of thiazole rings is 1. The summed E-state index contributed by atoms with van der Waals surface area (Å²) in [5.74, 6) is 0.954. The molecular weight excluding hydrogens is 462 g/mol. The average molecular weight is 488 g/mol. The van der Waals surface area contributed by atoms with Gasteiger partial charge in [0.15, 0.2) is 16.6 Å². The Morgan fingerprint density at radius 1 is 1.09 bits per heavy atom. The quantitative estimate of drug-likeness (QED) is 0.537. The van der Waals surface area contributed by atoms with Crippen molar-refractivity contribution in [3.05, 3.63) is 52.9 Å². The Labute approximate surface area is 197 Å². The SMILES string of the molecule is CCN(CC)S(=O)(=O)c1ccc(C)c(C(=O)Nc2nc(-c3ccc4c(c3)OCCO4)cs2)c1. The summed E-state index contributed by atoms with van der Waals surface area (Å²) in [7, 11) is -3.67. The molecule has 2 heterocycles. The van der Waals surface area contributed by atoms with Crippen LogP contribution in [0.4, 0.5) is 5.13 Å². The molecule has 33 heavy (non-hydrogen) atoms. The summed E-state index contributed by atoms with van der Waals surface area (Å²) in [6, 6.07) is 10.2. The van der Waals surface area contributed by atoms with E-state index < -0.39 is 15.9 Å². The normalized spacial score (nSPS) is 13.2. The molecule has 0 aliphatic carbocycles. The number of carbonyl (C=O) groups is 1. The summed E-state index contributed by atoms with van der Waals surface area (Å²) in [5, 5.41) is 5.05. The molecule has 1 aromatic heterocycles. The van der Waals surface area contributed by atoms with Crippen LogP contribution in [0, 0.1) is 6.92 Å². The zero-order valence-electron chi connectivity index (χ0n) is 18.6. The molecule has 0 radical (unpaired) electrons. The number of rotatable bonds is 7. The van der Waals surface area contributed by atoms with Gasteiger partial charge in [0.25, 0.3) is 5.91 Å². The maximum atomic E-state index is 13.0. The zero-order chi connectivity index (χ0) is 23.6. The lowest BCUT2D eigenvalue weighted by Crippen LogP contribution is -2.30. The highest BCUT2D eigenvalue weighted by molar-refractivity contribution is 7.89. The van der Waals surface area contributed by atoms with Crippen molar-refractivity contribution >= 4 is 32.4 Å². The van der Waals surface area contributed by atoms with E-state index in [1.807, 2.05) is 23.6 Å². The van der Waals surface area contributed by atoms with Crippen molar-refractivity contribution in [2.75, 3.05) is 31.6 Å². The number of anilines is 1. The molecule has 0 fully saturated rings. The topological polar surface area (TPSA) is 97.8 Å². The number of nitrogens with zero attached hydrogens (tertiary/aromatic N) is 2. The van der Waals surface area contributed by atoms with Crippen LogP contribution in [0.3, 0.4) is 0 Å². The lowest BCUT2D eigenvalue weighted by molar-refractivity contribution is 0.102. The molecule has 0 saturated heterocycles. The summed E-state index contributed by atoms with van der Waals surface area (Å²) < 4.78 is 38.3. The van der Waals surface area contributed by atoms with Crippen LogP contribution >= 0.6 is 11.3 Å². The molecule has 0 unspecified atom stereocenters. The Hall–Kier alpha value is -2.95. The highest BCUT2D eigenvalue weighted by atomic mass is 32.2. The Morgan fingerprint density at radius 2 is 1.82 bits per heavy atom. The molecule has 1 N–H and O–H groups in total. The van der Waals surface area contributed by atoms with E-state index in [4.69, 9.17) is 9.47 Å². The van der Waals surface area contributed by atoms with E-state index in [0.29, 0.717) is 59.8 Å². The van der Waals surface area contributed by atoms with Gasteiger partial charge in [0.1, 0.15) is 13.2 Å². The van der Waals surface area contributed by atoms with Crippen molar-refractivity contribution in [2.45, 2.75) is 25.7 Å². The lowest BCUT2D eigenvalue weighted by atomic mass is 10.1. The summed E-state index contributed by atoms with van der Waals surface area (Å²) in [4.78, 5) is 17.6. The van der Waals surface area contributed by atoms with E-state index in [9.17, 15) is 13.2 Å². The average Bonchev–Trinajstić information content (AvgIpc) is 3.28. The van der Waals surface area contributed by atoms with Crippen LogP contribution in [-0.4, -0.2) is 49.9 Å². The third kappa shape index (κ3) is 4.73. The highest BCUT2D eigenvalue weighted by Crippen LogP contribution is 2.35. The fourth-order valence-corrected chi connectivity index (χ4v) is 5.75. The summed E-state index contributed by atoms with van der Waals surface area (Å²) >= 11 is 1.29. The number of fused-ring (bicyclic) bond motifs is 1.